The number of hydrogen-bond donors (Lipinski definition) is 2. The molecule has 3 N–H and O–H groups in total. The summed E-state index contributed by atoms with van der Waals surface area (Å²) in [5.41, 5.74) is 6.33. The van der Waals surface area contributed by atoms with E-state index in [-0.39, 0.29) is 12.4 Å². The van der Waals surface area contributed by atoms with Crippen LogP contribution in [0, 0.1) is 0 Å². The van der Waals surface area contributed by atoms with Crippen LogP contribution in [0.25, 0.3) is 0 Å². The molecule has 6 nitrogen and oxygen atoms in total. The Labute approximate surface area is 93.6 Å². The SMILES string of the molecule is CCN(CC(=O)O)c1ccc(OC)nc1N. The van der Waals surface area contributed by atoms with Gasteiger partial charge in [-0.3, -0.25) is 4.79 Å². The zero-order valence-electron chi connectivity index (χ0n) is 9.30. The van der Waals surface area contributed by atoms with E-state index in [1.54, 1.807) is 17.0 Å². The van der Waals surface area contributed by atoms with Crippen molar-refractivity contribution in [2.45, 2.75) is 6.92 Å². The first kappa shape index (κ1) is 12.1. The van der Waals surface area contributed by atoms with Gasteiger partial charge in [0, 0.05) is 12.6 Å². The molecule has 16 heavy (non-hydrogen) atoms. The van der Waals surface area contributed by atoms with Gasteiger partial charge in [0.1, 0.15) is 6.54 Å². The summed E-state index contributed by atoms with van der Waals surface area (Å²) in [7, 11) is 1.50. The normalized spacial score (nSPS) is 9.88. The van der Waals surface area contributed by atoms with E-state index in [9.17, 15) is 4.79 Å². The lowest BCUT2D eigenvalue weighted by Crippen LogP contribution is -2.30. The van der Waals surface area contributed by atoms with E-state index in [0.717, 1.165) is 0 Å². The summed E-state index contributed by atoms with van der Waals surface area (Å²) >= 11 is 0. The van der Waals surface area contributed by atoms with Crippen LogP contribution in [-0.2, 0) is 4.79 Å². The number of anilines is 2. The molecule has 88 valence electrons. The van der Waals surface area contributed by atoms with Crippen molar-refractivity contribution in [3.8, 4) is 5.88 Å². The van der Waals surface area contributed by atoms with Crippen molar-refractivity contribution < 1.29 is 14.6 Å². The topological polar surface area (TPSA) is 88.7 Å². The number of nitrogens with two attached hydrogens (primary N) is 1. The Kier molecular flexibility index (Phi) is 3.93. The van der Waals surface area contributed by atoms with E-state index in [4.69, 9.17) is 15.6 Å². The maximum Gasteiger partial charge on any atom is 0.323 e. The third-order valence-corrected chi connectivity index (χ3v) is 2.13. The summed E-state index contributed by atoms with van der Waals surface area (Å²) in [4.78, 5) is 16.3. The van der Waals surface area contributed by atoms with Crippen molar-refractivity contribution in [3.05, 3.63) is 12.1 Å². The van der Waals surface area contributed by atoms with E-state index in [1.165, 1.54) is 7.11 Å². The highest BCUT2D eigenvalue weighted by molar-refractivity contribution is 5.76. The summed E-state index contributed by atoms with van der Waals surface area (Å²) in [6.07, 6.45) is 0. The van der Waals surface area contributed by atoms with Crippen LogP contribution >= 0.6 is 0 Å². The molecule has 0 atom stereocenters. The molecule has 0 aliphatic carbocycles. The van der Waals surface area contributed by atoms with Crippen LogP contribution in [0.4, 0.5) is 11.5 Å². The monoisotopic (exact) mass is 225 g/mol. The standard InChI is InChI=1S/C10H15N3O3/c1-3-13(6-9(14)15)7-4-5-8(16-2)12-10(7)11/h4-5H,3,6H2,1-2H3,(H2,11,12)(H,14,15). The number of carbonyl (C=O) groups is 1. The molecule has 0 fully saturated rings. The third kappa shape index (κ3) is 2.75. The minimum absolute atomic E-state index is 0.102. The van der Waals surface area contributed by atoms with E-state index in [2.05, 4.69) is 4.98 Å². The van der Waals surface area contributed by atoms with Crippen molar-refractivity contribution in [2.75, 3.05) is 30.8 Å². The fraction of sp³-hybridized carbons (Fsp3) is 0.400. The van der Waals surface area contributed by atoms with Crippen LogP contribution < -0.4 is 15.4 Å². The van der Waals surface area contributed by atoms with E-state index >= 15 is 0 Å². The van der Waals surface area contributed by atoms with E-state index < -0.39 is 5.97 Å². The molecule has 6 heteroatoms. The molecule has 0 unspecified atom stereocenters. The molecular formula is C10H15N3O3. The first-order chi connectivity index (χ1) is 7.58. The summed E-state index contributed by atoms with van der Waals surface area (Å²) in [5.74, 6) is -0.229. The number of methoxy groups -OCH3 is 1. The Bertz CT molecular complexity index is 382. The summed E-state index contributed by atoms with van der Waals surface area (Å²) < 4.78 is 4.92. The Morgan fingerprint density at radius 1 is 1.62 bits per heavy atom. The molecule has 0 aliphatic heterocycles. The lowest BCUT2D eigenvalue weighted by Gasteiger charge is -2.21. The van der Waals surface area contributed by atoms with Gasteiger partial charge < -0.3 is 20.5 Å². The van der Waals surface area contributed by atoms with Crippen molar-refractivity contribution in [1.82, 2.24) is 4.98 Å². The van der Waals surface area contributed by atoms with Gasteiger partial charge in [-0.2, -0.15) is 4.98 Å². The van der Waals surface area contributed by atoms with E-state index in [1.807, 2.05) is 6.92 Å². The molecule has 0 saturated heterocycles. The zero-order chi connectivity index (χ0) is 12.1. The summed E-state index contributed by atoms with van der Waals surface area (Å²) in [6.45, 7) is 2.30. The molecule has 0 aliphatic rings. The third-order valence-electron chi connectivity index (χ3n) is 2.13. The van der Waals surface area contributed by atoms with Gasteiger partial charge in [0.05, 0.1) is 12.8 Å². The quantitative estimate of drug-likeness (QED) is 0.762. The Morgan fingerprint density at radius 2 is 2.31 bits per heavy atom. The fourth-order valence-corrected chi connectivity index (χ4v) is 1.36. The second-order valence-corrected chi connectivity index (χ2v) is 3.17. The highest BCUT2D eigenvalue weighted by atomic mass is 16.5. The first-order valence-electron chi connectivity index (χ1n) is 4.85. The van der Waals surface area contributed by atoms with Crippen LogP contribution in [0.5, 0.6) is 5.88 Å². The molecule has 0 aromatic carbocycles. The molecule has 0 spiro atoms. The number of carboxylic acids is 1. The molecular weight excluding hydrogens is 210 g/mol. The van der Waals surface area contributed by atoms with Gasteiger partial charge in [-0.25, -0.2) is 0 Å². The Morgan fingerprint density at radius 3 is 2.75 bits per heavy atom. The van der Waals surface area contributed by atoms with Gasteiger partial charge in [0.2, 0.25) is 5.88 Å². The summed E-state index contributed by atoms with van der Waals surface area (Å²) in [6, 6.07) is 3.35. The average Bonchev–Trinajstić information content (AvgIpc) is 2.25. The Balaban J connectivity index is 2.96. The zero-order valence-corrected chi connectivity index (χ0v) is 9.30. The number of nitrogens with zero attached hydrogens (tertiary/aromatic N) is 2. The average molecular weight is 225 g/mol. The van der Waals surface area contributed by atoms with Gasteiger partial charge >= 0.3 is 5.97 Å². The summed E-state index contributed by atoms with van der Waals surface area (Å²) in [5, 5.41) is 8.74. The molecule has 0 bridgehead atoms. The fourth-order valence-electron chi connectivity index (χ4n) is 1.36. The minimum Gasteiger partial charge on any atom is -0.481 e. The van der Waals surface area contributed by atoms with Crippen LogP contribution in [0.15, 0.2) is 12.1 Å². The second-order valence-electron chi connectivity index (χ2n) is 3.17. The van der Waals surface area contributed by atoms with Gasteiger partial charge in [0.25, 0.3) is 0 Å². The maximum absolute atomic E-state index is 10.6. The van der Waals surface area contributed by atoms with Gasteiger partial charge in [-0.05, 0) is 13.0 Å². The van der Waals surface area contributed by atoms with Crippen molar-refractivity contribution >= 4 is 17.5 Å². The number of ether oxygens (including phenoxy) is 1. The van der Waals surface area contributed by atoms with Crippen LogP contribution in [0.1, 0.15) is 6.92 Å². The lowest BCUT2D eigenvalue weighted by atomic mass is 10.3. The molecule has 0 amide bonds. The smallest absolute Gasteiger partial charge is 0.323 e. The number of pyridine rings is 1. The first-order valence-corrected chi connectivity index (χ1v) is 4.85. The molecule has 0 radical (unpaired) electrons. The highest BCUT2D eigenvalue weighted by Gasteiger charge is 2.12. The predicted molar refractivity (Wildman–Crippen MR) is 60.7 cm³/mol. The largest absolute Gasteiger partial charge is 0.481 e. The molecule has 1 rings (SSSR count). The van der Waals surface area contributed by atoms with Crippen molar-refractivity contribution in [3.63, 3.8) is 0 Å². The number of nitrogen functional groups attached to an aromatic ring is 1. The van der Waals surface area contributed by atoms with Gasteiger partial charge in [-0.1, -0.05) is 0 Å². The number of hydrogen-bond acceptors (Lipinski definition) is 5. The van der Waals surface area contributed by atoms with E-state index in [0.29, 0.717) is 18.1 Å². The van der Waals surface area contributed by atoms with Crippen molar-refractivity contribution in [1.29, 1.82) is 0 Å². The predicted octanol–water partition coefficient (Wildman–Crippen LogP) is 0.583. The molecule has 0 saturated carbocycles. The number of carboxylic acid groups (broad SMARTS) is 1. The highest BCUT2D eigenvalue weighted by Crippen LogP contribution is 2.23. The van der Waals surface area contributed by atoms with Crippen molar-refractivity contribution in [2.24, 2.45) is 0 Å². The number of aliphatic carboxylic acids is 1. The number of rotatable bonds is 5. The molecule has 1 aromatic heterocycles. The van der Waals surface area contributed by atoms with Crippen LogP contribution in [0.2, 0.25) is 0 Å². The van der Waals surface area contributed by atoms with Crippen LogP contribution in [-0.4, -0.2) is 36.3 Å². The van der Waals surface area contributed by atoms with Gasteiger partial charge in [0.15, 0.2) is 5.82 Å². The maximum atomic E-state index is 10.6. The Hall–Kier alpha value is -1.98. The lowest BCUT2D eigenvalue weighted by molar-refractivity contribution is -0.135. The minimum atomic E-state index is -0.905. The van der Waals surface area contributed by atoms with Gasteiger partial charge in [-0.15, -0.1) is 0 Å². The molecule has 1 aromatic rings. The molecule has 1 heterocycles. The second kappa shape index (κ2) is 5.20. The number of aromatic nitrogens is 1. The van der Waals surface area contributed by atoms with Crippen LogP contribution in [0.3, 0.4) is 0 Å². The number of likely N-dealkylation sites (N-methyl/N-ethyl adjacent to an activating group) is 1.